The number of ether oxygens (including phenoxy) is 1. The molecule has 3 aromatic rings. The molecule has 0 unspecified atom stereocenters. The lowest BCUT2D eigenvalue weighted by Crippen LogP contribution is -2.26. The number of carbonyl (C=O) groups excluding carboxylic acids is 1. The second kappa shape index (κ2) is 6.34. The van der Waals surface area contributed by atoms with Crippen LogP contribution in [0, 0.1) is 5.82 Å². The summed E-state index contributed by atoms with van der Waals surface area (Å²) in [6.45, 7) is 0.320. The van der Waals surface area contributed by atoms with E-state index in [1.807, 2.05) is 12.1 Å². The number of hydrogen-bond donors (Lipinski definition) is 0. The molecule has 0 fully saturated rings. The van der Waals surface area contributed by atoms with Gasteiger partial charge in [0.25, 0.3) is 5.91 Å². The van der Waals surface area contributed by atoms with E-state index in [1.165, 1.54) is 24.5 Å². The van der Waals surface area contributed by atoms with Gasteiger partial charge in [-0.05, 0) is 35.9 Å². The summed E-state index contributed by atoms with van der Waals surface area (Å²) in [4.78, 5) is 18.3. The van der Waals surface area contributed by atoms with Crippen molar-refractivity contribution in [1.29, 1.82) is 0 Å². The molecule has 0 aliphatic heterocycles. The predicted octanol–water partition coefficient (Wildman–Crippen LogP) is 3.72. The van der Waals surface area contributed by atoms with Crippen LogP contribution in [0.15, 0.2) is 41.9 Å². The van der Waals surface area contributed by atoms with E-state index in [0.29, 0.717) is 17.7 Å². The molecule has 0 atom stereocenters. The van der Waals surface area contributed by atoms with Crippen LogP contribution in [0.2, 0.25) is 0 Å². The first-order chi connectivity index (χ1) is 11.1. The third-order valence-electron chi connectivity index (χ3n) is 3.56. The standard InChI is InChI=1S/C17H15FN2O2S/c1-20(9-11-3-6-15(22-2)13(18)7-11)17(21)12-4-5-14-16(8-12)23-10-19-14/h3-8,10H,9H2,1-2H3. The van der Waals surface area contributed by atoms with Gasteiger partial charge in [-0.25, -0.2) is 9.37 Å². The molecule has 0 saturated heterocycles. The minimum absolute atomic E-state index is 0.114. The minimum atomic E-state index is -0.433. The topological polar surface area (TPSA) is 42.4 Å². The number of nitrogens with zero attached hydrogens (tertiary/aromatic N) is 2. The molecular formula is C17H15FN2O2S. The summed E-state index contributed by atoms with van der Waals surface area (Å²) in [6, 6.07) is 10.1. The minimum Gasteiger partial charge on any atom is -0.494 e. The Bertz CT molecular complexity index is 863. The van der Waals surface area contributed by atoms with Gasteiger partial charge in [0.05, 0.1) is 22.8 Å². The van der Waals surface area contributed by atoms with Crippen LogP contribution < -0.4 is 4.74 Å². The molecule has 6 heteroatoms. The number of thiazole rings is 1. The Kier molecular flexibility index (Phi) is 4.25. The van der Waals surface area contributed by atoms with Gasteiger partial charge in [0.1, 0.15) is 0 Å². The molecule has 0 bridgehead atoms. The molecule has 2 aromatic carbocycles. The van der Waals surface area contributed by atoms with Gasteiger partial charge in [0.2, 0.25) is 0 Å². The zero-order valence-electron chi connectivity index (χ0n) is 12.7. The highest BCUT2D eigenvalue weighted by atomic mass is 32.1. The molecule has 4 nitrogen and oxygen atoms in total. The number of carbonyl (C=O) groups is 1. The lowest BCUT2D eigenvalue weighted by atomic mass is 10.1. The summed E-state index contributed by atoms with van der Waals surface area (Å²) in [6.07, 6.45) is 0. The van der Waals surface area contributed by atoms with Crippen molar-refractivity contribution in [3.05, 3.63) is 58.9 Å². The fourth-order valence-electron chi connectivity index (χ4n) is 2.36. The predicted molar refractivity (Wildman–Crippen MR) is 88.4 cm³/mol. The fraction of sp³-hybridized carbons (Fsp3) is 0.176. The van der Waals surface area contributed by atoms with E-state index in [1.54, 1.807) is 35.7 Å². The van der Waals surface area contributed by atoms with E-state index in [-0.39, 0.29) is 11.7 Å². The van der Waals surface area contributed by atoms with Crippen molar-refractivity contribution >= 4 is 27.5 Å². The van der Waals surface area contributed by atoms with Crippen molar-refractivity contribution in [2.75, 3.05) is 14.2 Å². The average molecular weight is 330 g/mol. The quantitative estimate of drug-likeness (QED) is 0.732. The molecule has 0 radical (unpaired) electrons. The number of amides is 1. The maximum Gasteiger partial charge on any atom is 0.253 e. The number of halogens is 1. The molecule has 23 heavy (non-hydrogen) atoms. The molecule has 0 aliphatic carbocycles. The molecular weight excluding hydrogens is 315 g/mol. The Balaban J connectivity index is 1.77. The Labute approximate surface area is 137 Å². The summed E-state index contributed by atoms with van der Waals surface area (Å²) in [5.74, 6) is -0.355. The lowest BCUT2D eigenvalue weighted by molar-refractivity contribution is 0.0785. The summed E-state index contributed by atoms with van der Waals surface area (Å²) >= 11 is 1.50. The number of rotatable bonds is 4. The largest absolute Gasteiger partial charge is 0.494 e. The molecule has 0 spiro atoms. The van der Waals surface area contributed by atoms with Crippen LogP contribution in [0.5, 0.6) is 5.75 Å². The van der Waals surface area contributed by atoms with Crippen LogP contribution in [0.1, 0.15) is 15.9 Å². The van der Waals surface area contributed by atoms with Gasteiger partial charge >= 0.3 is 0 Å². The molecule has 1 aromatic heterocycles. The van der Waals surface area contributed by atoms with E-state index < -0.39 is 5.82 Å². The Hall–Kier alpha value is -2.47. The second-order valence-electron chi connectivity index (χ2n) is 5.16. The molecule has 1 heterocycles. The molecule has 0 N–H and O–H groups in total. The van der Waals surface area contributed by atoms with E-state index in [0.717, 1.165) is 10.2 Å². The normalized spacial score (nSPS) is 10.7. The Morgan fingerprint density at radius 3 is 2.87 bits per heavy atom. The third kappa shape index (κ3) is 3.17. The summed E-state index contributed by atoms with van der Waals surface area (Å²) < 4.78 is 19.6. The van der Waals surface area contributed by atoms with Crippen LogP contribution in [-0.2, 0) is 6.54 Å². The van der Waals surface area contributed by atoms with Gasteiger partial charge in [0, 0.05) is 19.2 Å². The van der Waals surface area contributed by atoms with Crippen LogP contribution in [-0.4, -0.2) is 29.9 Å². The monoisotopic (exact) mass is 330 g/mol. The Morgan fingerprint density at radius 1 is 1.30 bits per heavy atom. The van der Waals surface area contributed by atoms with Crippen molar-refractivity contribution in [3.8, 4) is 5.75 Å². The van der Waals surface area contributed by atoms with Gasteiger partial charge in [-0.2, -0.15) is 0 Å². The first-order valence-electron chi connectivity index (χ1n) is 6.99. The molecule has 0 saturated carbocycles. The first kappa shape index (κ1) is 15.4. The van der Waals surface area contributed by atoms with E-state index in [2.05, 4.69) is 4.98 Å². The van der Waals surface area contributed by atoms with Gasteiger partial charge < -0.3 is 9.64 Å². The highest BCUT2D eigenvalue weighted by Gasteiger charge is 2.14. The second-order valence-corrected chi connectivity index (χ2v) is 6.05. The van der Waals surface area contributed by atoms with Crippen molar-refractivity contribution in [2.45, 2.75) is 6.54 Å². The molecule has 118 valence electrons. The van der Waals surface area contributed by atoms with Gasteiger partial charge in [-0.15, -0.1) is 11.3 Å². The molecule has 3 rings (SSSR count). The zero-order chi connectivity index (χ0) is 16.4. The molecule has 1 amide bonds. The smallest absolute Gasteiger partial charge is 0.253 e. The number of hydrogen-bond acceptors (Lipinski definition) is 4. The number of benzene rings is 2. The van der Waals surface area contributed by atoms with Crippen LogP contribution >= 0.6 is 11.3 Å². The van der Waals surface area contributed by atoms with E-state index in [9.17, 15) is 9.18 Å². The van der Waals surface area contributed by atoms with Crippen molar-refractivity contribution in [1.82, 2.24) is 9.88 Å². The number of fused-ring (bicyclic) bond motifs is 1. The average Bonchev–Trinajstić information content (AvgIpc) is 3.01. The van der Waals surface area contributed by atoms with E-state index >= 15 is 0 Å². The maximum atomic E-state index is 13.7. The number of methoxy groups -OCH3 is 1. The van der Waals surface area contributed by atoms with E-state index in [4.69, 9.17) is 4.74 Å². The fourth-order valence-corrected chi connectivity index (χ4v) is 3.08. The Morgan fingerprint density at radius 2 is 2.13 bits per heavy atom. The van der Waals surface area contributed by atoms with Crippen molar-refractivity contribution in [3.63, 3.8) is 0 Å². The third-order valence-corrected chi connectivity index (χ3v) is 4.35. The van der Waals surface area contributed by atoms with Gasteiger partial charge in [0.15, 0.2) is 11.6 Å². The lowest BCUT2D eigenvalue weighted by Gasteiger charge is -2.17. The molecule has 0 aliphatic rings. The van der Waals surface area contributed by atoms with Gasteiger partial charge in [-0.1, -0.05) is 6.07 Å². The zero-order valence-corrected chi connectivity index (χ0v) is 13.6. The van der Waals surface area contributed by atoms with Crippen molar-refractivity contribution in [2.24, 2.45) is 0 Å². The van der Waals surface area contributed by atoms with Crippen LogP contribution in [0.3, 0.4) is 0 Å². The van der Waals surface area contributed by atoms with Crippen LogP contribution in [0.25, 0.3) is 10.2 Å². The SMILES string of the molecule is COc1ccc(CN(C)C(=O)c2ccc3ncsc3c2)cc1F. The summed E-state index contributed by atoms with van der Waals surface area (Å²) in [5, 5.41) is 0. The summed E-state index contributed by atoms with van der Waals surface area (Å²) in [5.41, 5.74) is 3.94. The summed E-state index contributed by atoms with van der Waals surface area (Å²) in [7, 11) is 3.12. The number of aromatic nitrogens is 1. The first-order valence-corrected chi connectivity index (χ1v) is 7.87. The van der Waals surface area contributed by atoms with Crippen LogP contribution in [0.4, 0.5) is 4.39 Å². The highest BCUT2D eigenvalue weighted by Crippen LogP contribution is 2.21. The van der Waals surface area contributed by atoms with Gasteiger partial charge in [-0.3, -0.25) is 4.79 Å². The highest BCUT2D eigenvalue weighted by molar-refractivity contribution is 7.16. The van der Waals surface area contributed by atoms with Crippen molar-refractivity contribution < 1.29 is 13.9 Å². The maximum absolute atomic E-state index is 13.7.